The number of rotatable bonds is 2. The van der Waals surface area contributed by atoms with Gasteiger partial charge in [-0.05, 0) is 25.1 Å². The number of nitrogens with one attached hydrogen (secondary N) is 1. The first-order valence-corrected chi connectivity index (χ1v) is 5.41. The minimum Gasteiger partial charge on any atom is -0.367 e. The van der Waals surface area contributed by atoms with Crippen LogP contribution in [0.5, 0.6) is 0 Å². The Labute approximate surface area is 96.5 Å². The maximum atomic E-state index is 12.0. The molecule has 1 N–H and O–H groups in total. The standard InChI is InChI=1S/C12H10BrNO/c1-8-2-3-11(13)10(6-8)12(15)9-4-5-14-7-9/h2-7,14H,1H3. The van der Waals surface area contributed by atoms with Gasteiger partial charge in [-0.15, -0.1) is 0 Å². The van der Waals surface area contributed by atoms with Crippen LogP contribution in [0.3, 0.4) is 0 Å². The zero-order valence-electron chi connectivity index (χ0n) is 8.25. The van der Waals surface area contributed by atoms with Crippen LogP contribution >= 0.6 is 15.9 Å². The summed E-state index contributed by atoms with van der Waals surface area (Å²) in [4.78, 5) is 14.9. The van der Waals surface area contributed by atoms with Gasteiger partial charge >= 0.3 is 0 Å². The van der Waals surface area contributed by atoms with Crippen molar-refractivity contribution in [3.05, 3.63) is 57.8 Å². The third-order valence-electron chi connectivity index (χ3n) is 2.23. The summed E-state index contributed by atoms with van der Waals surface area (Å²) in [6.45, 7) is 1.97. The average molecular weight is 264 g/mol. The van der Waals surface area contributed by atoms with Gasteiger partial charge in [-0.1, -0.05) is 27.6 Å². The predicted octanol–water partition coefficient (Wildman–Crippen LogP) is 3.32. The maximum Gasteiger partial charge on any atom is 0.195 e. The van der Waals surface area contributed by atoms with Crippen molar-refractivity contribution in [1.29, 1.82) is 0 Å². The van der Waals surface area contributed by atoms with Crippen molar-refractivity contribution in [3.63, 3.8) is 0 Å². The summed E-state index contributed by atoms with van der Waals surface area (Å²) in [5.74, 6) is 0.0341. The quantitative estimate of drug-likeness (QED) is 0.829. The first-order valence-electron chi connectivity index (χ1n) is 4.62. The summed E-state index contributed by atoms with van der Waals surface area (Å²) < 4.78 is 0.833. The molecule has 0 spiro atoms. The van der Waals surface area contributed by atoms with Crippen molar-refractivity contribution < 1.29 is 4.79 Å². The first kappa shape index (κ1) is 10.2. The molecule has 0 aliphatic rings. The number of ketones is 1. The van der Waals surface area contributed by atoms with Crippen LogP contribution in [0.2, 0.25) is 0 Å². The molecule has 0 unspecified atom stereocenters. The lowest BCUT2D eigenvalue weighted by Gasteiger charge is -2.03. The lowest BCUT2D eigenvalue weighted by atomic mass is 10.0. The molecule has 2 nitrogen and oxygen atoms in total. The van der Waals surface area contributed by atoms with E-state index in [0.717, 1.165) is 10.0 Å². The monoisotopic (exact) mass is 263 g/mol. The van der Waals surface area contributed by atoms with Gasteiger partial charge in [-0.25, -0.2) is 0 Å². The van der Waals surface area contributed by atoms with E-state index in [1.165, 1.54) is 0 Å². The Hall–Kier alpha value is -1.35. The zero-order chi connectivity index (χ0) is 10.8. The van der Waals surface area contributed by atoms with Gasteiger partial charge in [-0.3, -0.25) is 4.79 Å². The highest BCUT2D eigenvalue weighted by molar-refractivity contribution is 9.10. The summed E-state index contributed by atoms with van der Waals surface area (Å²) in [5, 5.41) is 0. The smallest absolute Gasteiger partial charge is 0.195 e. The van der Waals surface area contributed by atoms with Crippen LogP contribution in [-0.2, 0) is 0 Å². The van der Waals surface area contributed by atoms with Crippen LogP contribution in [0.15, 0.2) is 41.1 Å². The molecule has 0 aliphatic heterocycles. The summed E-state index contributed by atoms with van der Waals surface area (Å²) >= 11 is 3.39. The molecular formula is C12H10BrNO. The molecular weight excluding hydrogens is 254 g/mol. The highest BCUT2D eigenvalue weighted by atomic mass is 79.9. The highest BCUT2D eigenvalue weighted by Gasteiger charge is 2.12. The first-order chi connectivity index (χ1) is 7.18. The molecule has 0 fully saturated rings. The van der Waals surface area contributed by atoms with Crippen LogP contribution < -0.4 is 0 Å². The molecule has 0 radical (unpaired) electrons. The average Bonchev–Trinajstić information content (AvgIpc) is 2.74. The van der Waals surface area contributed by atoms with Crippen molar-refractivity contribution in [3.8, 4) is 0 Å². The topological polar surface area (TPSA) is 32.9 Å². The fourth-order valence-corrected chi connectivity index (χ4v) is 1.86. The third kappa shape index (κ3) is 2.02. The van der Waals surface area contributed by atoms with Crippen LogP contribution in [-0.4, -0.2) is 10.8 Å². The molecule has 0 atom stereocenters. The number of halogens is 1. The molecule has 2 aromatic rings. The van der Waals surface area contributed by atoms with E-state index in [1.807, 2.05) is 25.1 Å². The highest BCUT2D eigenvalue weighted by Crippen LogP contribution is 2.21. The van der Waals surface area contributed by atoms with Gasteiger partial charge in [0.25, 0.3) is 0 Å². The van der Waals surface area contributed by atoms with Crippen molar-refractivity contribution in [2.45, 2.75) is 6.92 Å². The Balaban J connectivity index is 2.46. The fraction of sp³-hybridized carbons (Fsp3) is 0.0833. The van der Waals surface area contributed by atoms with E-state index in [0.29, 0.717) is 11.1 Å². The second-order valence-corrected chi connectivity index (χ2v) is 4.27. The molecule has 0 amide bonds. The molecule has 1 aromatic carbocycles. The molecule has 1 heterocycles. The Morgan fingerprint density at radius 2 is 2.13 bits per heavy atom. The maximum absolute atomic E-state index is 12.0. The van der Waals surface area contributed by atoms with E-state index in [1.54, 1.807) is 18.5 Å². The minimum absolute atomic E-state index is 0.0341. The number of H-pyrrole nitrogens is 1. The van der Waals surface area contributed by atoms with Crippen molar-refractivity contribution in [1.82, 2.24) is 4.98 Å². The number of benzene rings is 1. The number of carbonyl (C=O) groups is 1. The number of carbonyl (C=O) groups excluding carboxylic acids is 1. The molecule has 0 saturated heterocycles. The van der Waals surface area contributed by atoms with E-state index in [-0.39, 0.29) is 5.78 Å². The van der Waals surface area contributed by atoms with E-state index < -0.39 is 0 Å². The molecule has 2 rings (SSSR count). The summed E-state index contributed by atoms with van der Waals surface area (Å²) in [5.41, 5.74) is 2.47. The number of aryl methyl sites for hydroxylation is 1. The molecule has 3 heteroatoms. The Morgan fingerprint density at radius 1 is 1.33 bits per heavy atom. The van der Waals surface area contributed by atoms with E-state index >= 15 is 0 Å². The van der Waals surface area contributed by atoms with Gasteiger partial charge < -0.3 is 4.98 Å². The van der Waals surface area contributed by atoms with Crippen molar-refractivity contribution in [2.24, 2.45) is 0 Å². The van der Waals surface area contributed by atoms with Gasteiger partial charge in [0.05, 0.1) is 0 Å². The van der Waals surface area contributed by atoms with Gasteiger partial charge in [0.15, 0.2) is 5.78 Å². The van der Waals surface area contributed by atoms with E-state index in [9.17, 15) is 4.79 Å². The largest absolute Gasteiger partial charge is 0.367 e. The molecule has 0 aliphatic carbocycles. The summed E-state index contributed by atoms with van der Waals surface area (Å²) in [6.07, 6.45) is 3.45. The molecule has 15 heavy (non-hydrogen) atoms. The van der Waals surface area contributed by atoms with Crippen molar-refractivity contribution in [2.75, 3.05) is 0 Å². The van der Waals surface area contributed by atoms with E-state index in [2.05, 4.69) is 20.9 Å². The van der Waals surface area contributed by atoms with Crippen LogP contribution in [0.25, 0.3) is 0 Å². The number of aromatic nitrogens is 1. The number of hydrogen-bond acceptors (Lipinski definition) is 1. The van der Waals surface area contributed by atoms with Gasteiger partial charge in [0.2, 0.25) is 0 Å². The normalized spacial score (nSPS) is 10.3. The summed E-state index contributed by atoms with van der Waals surface area (Å²) in [6, 6.07) is 7.53. The Morgan fingerprint density at radius 3 is 2.80 bits per heavy atom. The molecule has 1 aromatic heterocycles. The SMILES string of the molecule is Cc1ccc(Br)c(C(=O)c2cc[nH]c2)c1. The van der Waals surface area contributed by atoms with Gasteiger partial charge in [-0.2, -0.15) is 0 Å². The lowest BCUT2D eigenvalue weighted by Crippen LogP contribution is -2.01. The predicted molar refractivity (Wildman–Crippen MR) is 63.1 cm³/mol. The second-order valence-electron chi connectivity index (χ2n) is 3.41. The molecule has 0 saturated carbocycles. The Kier molecular flexibility index (Phi) is 2.73. The van der Waals surface area contributed by atoms with Crippen LogP contribution in [0, 0.1) is 6.92 Å². The lowest BCUT2D eigenvalue weighted by molar-refractivity contribution is 0.103. The second kappa shape index (κ2) is 4.03. The zero-order valence-corrected chi connectivity index (χ0v) is 9.84. The Bertz CT molecular complexity index is 488. The summed E-state index contributed by atoms with van der Waals surface area (Å²) in [7, 11) is 0. The van der Waals surface area contributed by atoms with E-state index in [4.69, 9.17) is 0 Å². The minimum atomic E-state index is 0.0341. The van der Waals surface area contributed by atoms with Gasteiger partial charge in [0.1, 0.15) is 0 Å². The third-order valence-corrected chi connectivity index (χ3v) is 2.92. The van der Waals surface area contributed by atoms with Crippen LogP contribution in [0.1, 0.15) is 21.5 Å². The van der Waals surface area contributed by atoms with Crippen molar-refractivity contribution >= 4 is 21.7 Å². The number of hydrogen-bond donors (Lipinski definition) is 1. The number of aromatic amines is 1. The molecule has 76 valence electrons. The van der Waals surface area contributed by atoms with Crippen LogP contribution in [0.4, 0.5) is 0 Å². The fourth-order valence-electron chi connectivity index (χ4n) is 1.43. The van der Waals surface area contributed by atoms with Gasteiger partial charge in [0, 0.05) is 28.0 Å². The molecule has 0 bridgehead atoms.